The van der Waals surface area contributed by atoms with Gasteiger partial charge in [-0.05, 0) is 17.5 Å². The van der Waals surface area contributed by atoms with Crippen LogP contribution in [-0.4, -0.2) is 29.2 Å². The molecule has 1 aromatic carbocycles. The first-order valence-corrected chi connectivity index (χ1v) is 10.3. The molecule has 0 bridgehead atoms. The number of nitrogens with zero attached hydrogens (tertiary/aromatic N) is 2. The van der Waals surface area contributed by atoms with Crippen LogP contribution in [0, 0.1) is 0 Å². The summed E-state index contributed by atoms with van der Waals surface area (Å²) in [6.07, 6.45) is 1.59. The molecule has 28 heavy (non-hydrogen) atoms. The van der Waals surface area contributed by atoms with Crippen molar-refractivity contribution in [3.8, 4) is 10.6 Å². The summed E-state index contributed by atoms with van der Waals surface area (Å²) in [5.74, 6) is -0.297. The molecule has 4 rings (SSSR count). The SMILES string of the molecule is COCCn1cc(C(=O)Nc2nc(-c3cccs3)cs2)c2ccccc2c1=O. The number of methoxy groups -OCH3 is 1. The molecule has 3 heterocycles. The van der Waals surface area contributed by atoms with Crippen LogP contribution in [-0.2, 0) is 11.3 Å². The third-order valence-corrected chi connectivity index (χ3v) is 5.92. The summed E-state index contributed by atoms with van der Waals surface area (Å²) in [5, 5.41) is 8.41. The summed E-state index contributed by atoms with van der Waals surface area (Å²) in [6, 6.07) is 11.1. The fourth-order valence-electron chi connectivity index (χ4n) is 2.91. The van der Waals surface area contributed by atoms with Gasteiger partial charge in [0.25, 0.3) is 11.5 Å². The second kappa shape index (κ2) is 8.05. The number of ether oxygens (including phenoxy) is 1. The smallest absolute Gasteiger partial charge is 0.259 e. The molecule has 1 amide bonds. The molecule has 6 nitrogen and oxygen atoms in total. The van der Waals surface area contributed by atoms with Crippen molar-refractivity contribution in [2.75, 3.05) is 19.0 Å². The van der Waals surface area contributed by atoms with Crippen molar-refractivity contribution in [3.05, 3.63) is 69.3 Å². The minimum atomic E-state index is -0.297. The molecule has 3 aromatic heterocycles. The van der Waals surface area contributed by atoms with Gasteiger partial charge in [0, 0.05) is 36.0 Å². The van der Waals surface area contributed by atoms with E-state index in [9.17, 15) is 9.59 Å². The van der Waals surface area contributed by atoms with E-state index in [1.54, 1.807) is 42.8 Å². The lowest BCUT2D eigenvalue weighted by molar-refractivity contribution is 0.102. The highest BCUT2D eigenvalue weighted by atomic mass is 32.1. The largest absolute Gasteiger partial charge is 0.383 e. The number of rotatable bonds is 6. The number of benzene rings is 1. The minimum absolute atomic E-state index is 0.140. The van der Waals surface area contributed by atoms with Gasteiger partial charge < -0.3 is 9.30 Å². The Morgan fingerprint density at radius 2 is 2.00 bits per heavy atom. The lowest BCUT2D eigenvalue weighted by Gasteiger charge is -2.11. The molecule has 0 spiro atoms. The van der Waals surface area contributed by atoms with E-state index in [0.29, 0.717) is 34.6 Å². The Hall–Kier alpha value is -2.81. The molecule has 0 unspecified atom stereocenters. The van der Waals surface area contributed by atoms with Gasteiger partial charge in [0.05, 0.1) is 22.7 Å². The van der Waals surface area contributed by atoms with Crippen LogP contribution in [0.5, 0.6) is 0 Å². The average Bonchev–Trinajstić information content (AvgIpc) is 3.39. The van der Waals surface area contributed by atoms with Crippen LogP contribution in [0.15, 0.2) is 58.1 Å². The van der Waals surface area contributed by atoms with E-state index < -0.39 is 0 Å². The molecule has 0 radical (unpaired) electrons. The zero-order valence-corrected chi connectivity index (χ0v) is 16.7. The van der Waals surface area contributed by atoms with Gasteiger partial charge >= 0.3 is 0 Å². The van der Waals surface area contributed by atoms with E-state index in [1.807, 2.05) is 29.0 Å². The van der Waals surface area contributed by atoms with Crippen LogP contribution in [0.4, 0.5) is 5.13 Å². The lowest BCUT2D eigenvalue weighted by atomic mass is 10.1. The summed E-state index contributed by atoms with van der Waals surface area (Å²) in [7, 11) is 1.58. The number of carbonyl (C=O) groups excluding carboxylic acids is 1. The summed E-state index contributed by atoms with van der Waals surface area (Å²) in [5.41, 5.74) is 1.13. The molecule has 8 heteroatoms. The molecule has 0 saturated heterocycles. The number of hydrogen-bond acceptors (Lipinski definition) is 6. The van der Waals surface area contributed by atoms with Gasteiger partial charge in [-0.3, -0.25) is 14.9 Å². The standard InChI is InChI=1S/C20H17N3O3S2/c1-26-9-8-23-11-15(13-5-2-3-6-14(13)19(23)25)18(24)22-20-21-16(12-28-20)17-7-4-10-27-17/h2-7,10-12H,8-9H2,1H3,(H,21,22,24). The van der Waals surface area contributed by atoms with Gasteiger partial charge in [0.2, 0.25) is 0 Å². The quantitative estimate of drug-likeness (QED) is 0.519. The zero-order valence-electron chi connectivity index (χ0n) is 15.0. The fourth-order valence-corrected chi connectivity index (χ4v) is 4.38. The number of nitrogens with one attached hydrogen (secondary N) is 1. The number of carbonyl (C=O) groups is 1. The molecule has 0 aliphatic rings. The summed E-state index contributed by atoms with van der Waals surface area (Å²) in [6.45, 7) is 0.760. The van der Waals surface area contributed by atoms with Crippen LogP contribution in [0.2, 0.25) is 0 Å². The number of amides is 1. The Balaban J connectivity index is 1.68. The Bertz CT molecular complexity index is 1180. The van der Waals surface area contributed by atoms with Crippen LogP contribution < -0.4 is 10.9 Å². The molecule has 4 aromatic rings. The zero-order chi connectivity index (χ0) is 19.5. The number of fused-ring (bicyclic) bond motifs is 1. The predicted octanol–water partition coefficient (Wildman–Crippen LogP) is 4.09. The maximum atomic E-state index is 13.0. The predicted molar refractivity (Wildman–Crippen MR) is 113 cm³/mol. The third kappa shape index (κ3) is 3.62. The normalized spacial score (nSPS) is 11.0. The van der Waals surface area contributed by atoms with Crippen molar-refractivity contribution in [1.29, 1.82) is 0 Å². The van der Waals surface area contributed by atoms with Gasteiger partial charge in [-0.25, -0.2) is 4.98 Å². The van der Waals surface area contributed by atoms with Crippen molar-refractivity contribution < 1.29 is 9.53 Å². The number of pyridine rings is 1. The molecule has 0 aliphatic heterocycles. The number of aromatic nitrogens is 2. The van der Waals surface area contributed by atoms with Crippen LogP contribution in [0.3, 0.4) is 0 Å². The monoisotopic (exact) mass is 411 g/mol. The lowest BCUT2D eigenvalue weighted by Crippen LogP contribution is -2.25. The highest BCUT2D eigenvalue weighted by Gasteiger charge is 2.16. The van der Waals surface area contributed by atoms with Gasteiger partial charge in [0.1, 0.15) is 0 Å². The maximum Gasteiger partial charge on any atom is 0.259 e. The number of anilines is 1. The van der Waals surface area contributed by atoms with E-state index >= 15 is 0 Å². The van der Waals surface area contributed by atoms with E-state index in [1.165, 1.54) is 15.9 Å². The Labute approximate surface area is 169 Å². The molecular formula is C20H17N3O3S2. The van der Waals surface area contributed by atoms with Crippen molar-refractivity contribution in [2.45, 2.75) is 6.54 Å². The Morgan fingerprint density at radius 1 is 1.18 bits per heavy atom. The average molecular weight is 412 g/mol. The summed E-state index contributed by atoms with van der Waals surface area (Å²) in [4.78, 5) is 31.2. The third-order valence-electron chi connectivity index (χ3n) is 4.27. The molecule has 0 aliphatic carbocycles. The van der Waals surface area contributed by atoms with E-state index in [-0.39, 0.29) is 11.5 Å². The van der Waals surface area contributed by atoms with E-state index in [2.05, 4.69) is 10.3 Å². The molecule has 0 atom stereocenters. The second-order valence-corrected chi connectivity index (χ2v) is 7.85. The first-order chi connectivity index (χ1) is 13.7. The van der Waals surface area contributed by atoms with Crippen molar-refractivity contribution in [2.24, 2.45) is 0 Å². The Kier molecular flexibility index (Phi) is 5.34. The van der Waals surface area contributed by atoms with Crippen LogP contribution >= 0.6 is 22.7 Å². The second-order valence-electron chi connectivity index (χ2n) is 6.05. The first-order valence-electron chi connectivity index (χ1n) is 8.59. The summed E-state index contributed by atoms with van der Waals surface area (Å²) >= 11 is 2.97. The molecule has 1 N–H and O–H groups in total. The number of thiazole rings is 1. The maximum absolute atomic E-state index is 13.0. The minimum Gasteiger partial charge on any atom is -0.383 e. The van der Waals surface area contributed by atoms with Crippen LogP contribution in [0.1, 0.15) is 10.4 Å². The molecule has 0 fully saturated rings. The van der Waals surface area contributed by atoms with Gasteiger partial charge in [-0.2, -0.15) is 0 Å². The van der Waals surface area contributed by atoms with Crippen molar-refractivity contribution in [1.82, 2.24) is 9.55 Å². The van der Waals surface area contributed by atoms with Gasteiger partial charge in [-0.1, -0.05) is 24.3 Å². The van der Waals surface area contributed by atoms with E-state index in [4.69, 9.17) is 4.74 Å². The molecule has 142 valence electrons. The number of hydrogen-bond donors (Lipinski definition) is 1. The van der Waals surface area contributed by atoms with Crippen molar-refractivity contribution in [3.63, 3.8) is 0 Å². The summed E-state index contributed by atoms with van der Waals surface area (Å²) < 4.78 is 6.59. The van der Waals surface area contributed by atoms with E-state index in [0.717, 1.165) is 10.6 Å². The fraction of sp³-hybridized carbons (Fsp3) is 0.150. The van der Waals surface area contributed by atoms with Gasteiger partial charge in [-0.15, -0.1) is 22.7 Å². The van der Waals surface area contributed by atoms with Crippen LogP contribution in [0.25, 0.3) is 21.3 Å². The highest BCUT2D eigenvalue weighted by molar-refractivity contribution is 7.16. The Morgan fingerprint density at radius 3 is 2.75 bits per heavy atom. The topological polar surface area (TPSA) is 73.2 Å². The highest BCUT2D eigenvalue weighted by Crippen LogP contribution is 2.28. The number of thiophene rings is 1. The molecule has 0 saturated carbocycles. The first kappa shape index (κ1) is 18.5. The van der Waals surface area contributed by atoms with Gasteiger partial charge in [0.15, 0.2) is 5.13 Å². The molecular weight excluding hydrogens is 394 g/mol. The van der Waals surface area contributed by atoms with Crippen molar-refractivity contribution >= 4 is 44.5 Å².